The van der Waals surface area contributed by atoms with Gasteiger partial charge in [-0.3, -0.25) is 4.98 Å². The molecule has 0 unspecified atom stereocenters. The SMILES string of the molecule is CC=C([N-]N=C(C)[O-])c1ccccn1. The molecule has 0 aliphatic carbocycles. The zero-order valence-electron chi connectivity index (χ0n) is 8.14. The third-order valence-electron chi connectivity index (χ3n) is 1.50. The molecule has 0 radical (unpaired) electrons. The predicted octanol–water partition coefficient (Wildman–Crippen LogP) is 1.51. The second kappa shape index (κ2) is 5.01. The Morgan fingerprint density at radius 3 is 2.86 bits per heavy atom. The van der Waals surface area contributed by atoms with Crippen LogP contribution in [0.4, 0.5) is 0 Å². The fourth-order valence-electron chi connectivity index (χ4n) is 0.895. The number of hydrogen-bond donors (Lipinski definition) is 0. The van der Waals surface area contributed by atoms with E-state index in [0.717, 1.165) is 0 Å². The average molecular weight is 189 g/mol. The summed E-state index contributed by atoms with van der Waals surface area (Å²) in [6.07, 6.45) is 3.43. The molecule has 0 aromatic carbocycles. The van der Waals surface area contributed by atoms with Crippen molar-refractivity contribution in [3.8, 4) is 0 Å². The van der Waals surface area contributed by atoms with Gasteiger partial charge in [0, 0.05) is 11.9 Å². The van der Waals surface area contributed by atoms with Crippen LogP contribution in [0.1, 0.15) is 19.5 Å². The van der Waals surface area contributed by atoms with Crippen LogP contribution in [0, 0.1) is 0 Å². The van der Waals surface area contributed by atoms with Gasteiger partial charge in [-0.2, -0.15) is 0 Å². The van der Waals surface area contributed by atoms with Crippen LogP contribution in [0.3, 0.4) is 0 Å². The lowest BCUT2D eigenvalue weighted by Gasteiger charge is -2.22. The number of rotatable bonds is 3. The molecule has 1 heterocycles. The molecule has 4 heteroatoms. The molecule has 0 saturated carbocycles. The summed E-state index contributed by atoms with van der Waals surface area (Å²) in [6.45, 7) is 3.18. The van der Waals surface area contributed by atoms with Crippen molar-refractivity contribution in [1.29, 1.82) is 0 Å². The standard InChI is InChI=1S/C10H12N3O/c1-3-9(13-12-8(2)14)10-6-4-5-7-11-10/h3-7H,1-2H3,(H,12,14)/q-1/p-1. The molecule has 14 heavy (non-hydrogen) atoms. The van der Waals surface area contributed by atoms with Gasteiger partial charge < -0.3 is 15.6 Å². The highest BCUT2D eigenvalue weighted by molar-refractivity contribution is 5.75. The summed E-state index contributed by atoms with van der Waals surface area (Å²) < 4.78 is 0. The van der Waals surface area contributed by atoms with Crippen molar-refractivity contribution in [2.45, 2.75) is 13.8 Å². The number of pyridine rings is 1. The molecular formula is C10H11N3O-2. The van der Waals surface area contributed by atoms with Crippen LogP contribution in [-0.2, 0) is 0 Å². The molecular weight excluding hydrogens is 178 g/mol. The van der Waals surface area contributed by atoms with Crippen LogP contribution in [0.2, 0.25) is 0 Å². The molecule has 1 aromatic heterocycles. The van der Waals surface area contributed by atoms with E-state index in [-0.39, 0.29) is 5.90 Å². The van der Waals surface area contributed by atoms with E-state index in [4.69, 9.17) is 0 Å². The van der Waals surface area contributed by atoms with E-state index in [0.29, 0.717) is 11.4 Å². The largest absolute Gasteiger partial charge is 0.863 e. The summed E-state index contributed by atoms with van der Waals surface area (Å²) in [5, 5.41) is 14.0. The van der Waals surface area contributed by atoms with Crippen LogP contribution in [-0.4, -0.2) is 10.9 Å². The summed E-state index contributed by atoms with van der Waals surface area (Å²) in [5.74, 6) is -0.319. The maximum absolute atomic E-state index is 10.6. The van der Waals surface area contributed by atoms with Gasteiger partial charge in [-0.25, -0.2) is 0 Å². The number of nitrogens with zero attached hydrogens (tertiary/aromatic N) is 3. The molecule has 0 atom stereocenters. The summed E-state index contributed by atoms with van der Waals surface area (Å²) in [7, 11) is 0. The maximum Gasteiger partial charge on any atom is 0.0490 e. The molecule has 0 spiro atoms. The molecule has 0 bridgehead atoms. The molecule has 0 N–H and O–H groups in total. The van der Waals surface area contributed by atoms with Crippen molar-refractivity contribution < 1.29 is 5.11 Å². The number of hydrogen-bond acceptors (Lipinski definition) is 3. The van der Waals surface area contributed by atoms with E-state index in [9.17, 15) is 5.11 Å². The minimum Gasteiger partial charge on any atom is -0.863 e. The van der Waals surface area contributed by atoms with Crippen molar-refractivity contribution in [3.05, 3.63) is 41.6 Å². The normalized spacial score (nSPS) is 12.7. The van der Waals surface area contributed by atoms with Gasteiger partial charge >= 0.3 is 0 Å². The molecule has 74 valence electrons. The highest BCUT2D eigenvalue weighted by Crippen LogP contribution is 2.17. The summed E-state index contributed by atoms with van der Waals surface area (Å²) in [5.41, 5.74) is 5.09. The average Bonchev–Trinajstić information content (AvgIpc) is 2.20. The smallest absolute Gasteiger partial charge is 0.0490 e. The van der Waals surface area contributed by atoms with Gasteiger partial charge in [-0.05, 0) is 26.0 Å². The van der Waals surface area contributed by atoms with Crippen LogP contribution in [0.5, 0.6) is 0 Å². The lowest BCUT2D eigenvalue weighted by atomic mass is 10.3. The van der Waals surface area contributed by atoms with Crippen LogP contribution >= 0.6 is 0 Å². The number of allylic oxidation sites excluding steroid dienone is 1. The Balaban J connectivity index is 2.80. The Morgan fingerprint density at radius 2 is 2.36 bits per heavy atom. The van der Waals surface area contributed by atoms with Gasteiger partial charge in [-0.1, -0.05) is 18.0 Å². The zero-order chi connectivity index (χ0) is 10.4. The van der Waals surface area contributed by atoms with Gasteiger partial charge in [-0.15, -0.1) is 5.70 Å². The van der Waals surface area contributed by atoms with Crippen LogP contribution in [0.15, 0.2) is 35.6 Å². The van der Waals surface area contributed by atoms with Gasteiger partial charge in [0.05, 0.1) is 0 Å². The lowest BCUT2D eigenvalue weighted by molar-refractivity contribution is -0.215. The Bertz CT molecular complexity index is 340. The summed E-state index contributed by atoms with van der Waals surface area (Å²) in [4.78, 5) is 4.09. The van der Waals surface area contributed by atoms with Crippen LogP contribution < -0.4 is 5.11 Å². The minimum absolute atomic E-state index is 0.319. The first-order chi connectivity index (χ1) is 6.74. The Hall–Kier alpha value is -1.84. The molecule has 0 fully saturated rings. The molecule has 0 aliphatic rings. The molecule has 0 amide bonds. The van der Waals surface area contributed by atoms with Gasteiger partial charge in [0.1, 0.15) is 0 Å². The van der Waals surface area contributed by atoms with Crippen molar-refractivity contribution in [1.82, 2.24) is 4.98 Å². The molecule has 4 nitrogen and oxygen atoms in total. The van der Waals surface area contributed by atoms with E-state index >= 15 is 0 Å². The monoisotopic (exact) mass is 189 g/mol. The lowest BCUT2D eigenvalue weighted by Crippen LogP contribution is -2.11. The third-order valence-corrected chi connectivity index (χ3v) is 1.50. The molecule has 1 aromatic rings. The van der Waals surface area contributed by atoms with Crippen molar-refractivity contribution in [2.75, 3.05) is 0 Å². The van der Waals surface area contributed by atoms with E-state index in [1.807, 2.05) is 25.1 Å². The Labute approximate surface area is 83.0 Å². The first-order valence-electron chi connectivity index (χ1n) is 4.24. The second-order valence-electron chi connectivity index (χ2n) is 2.61. The van der Waals surface area contributed by atoms with Gasteiger partial charge in [0.2, 0.25) is 0 Å². The summed E-state index contributed by atoms with van der Waals surface area (Å²) >= 11 is 0. The predicted molar refractivity (Wildman–Crippen MR) is 54.4 cm³/mol. The van der Waals surface area contributed by atoms with E-state index < -0.39 is 0 Å². The second-order valence-corrected chi connectivity index (χ2v) is 2.61. The molecule has 0 aliphatic heterocycles. The van der Waals surface area contributed by atoms with Crippen molar-refractivity contribution >= 4 is 11.6 Å². The highest BCUT2D eigenvalue weighted by Gasteiger charge is 1.88. The Kier molecular flexibility index (Phi) is 3.67. The van der Waals surface area contributed by atoms with Gasteiger partial charge in [0.15, 0.2) is 0 Å². The van der Waals surface area contributed by atoms with Gasteiger partial charge in [0.25, 0.3) is 0 Å². The first-order valence-corrected chi connectivity index (χ1v) is 4.24. The third kappa shape index (κ3) is 2.90. The molecule has 1 rings (SSSR count). The quantitative estimate of drug-likeness (QED) is 0.411. The Morgan fingerprint density at radius 1 is 1.57 bits per heavy atom. The zero-order valence-corrected chi connectivity index (χ0v) is 8.14. The molecule has 0 saturated heterocycles. The van der Waals surface area contributed by atoms with E-state index in [1.165, 1.54) is 6.92 Å². The first kappa shape index (κ1) is 10.2. The number of aromatic nitrogens is 1. The van der Waals surface area contributed by atoms with E-state index in [1.54, 1.807) is 12.3 Å². The fourth-order valence-corrected chi connectivity index (χ4v) is 0.895. The topological polar surface area (TPSA) is 62.4 Å². The fraction of sp³-hybridized carbons (Fsp3) is 0.200. The van der Waals surface area contributed by atoms with Crippen molar-refractivity contribution in [2.24, 2.45) is 5.10 Å². The van der Waals surface area contributed by atoms with Crippen molar-refractivity contribution in [3.63, 3.8) is 0 Å². The van der Waals surface area contributed by atoms with E-state index in [2.05, 4.69) is 15.5 Å². The van der Waals surface area contributed by atoms with Crippen LogP contribution in [0.25, 0.3) is 11.1 Å². The maximum atomic E-state index is 10.6. The summed E-state index contributed by atoms with van der Waals surface area (Å²) in [6, 6.07) is 5.49. The minimum atomic E-state index is -0.319. The highest BCUT2D eigenvalue weighted by atomic mass is 16.3.